The molecule has 0 aliphatic heterocycles. The first-order valence-electron chi connectivity index (χ1n) is 7.04. The van der Waals surface area contributed by atoms with Crippen LogP contribution in [0, 0.1) is 0 Å². The van der Waals surface area contributed by atoms with Crippen LogP contribution in [0.5, 0.6) is 0 Å². The minimum absolute atomic E-state index is 0.104. The molecule has 2 N–H and O–H groups in total. The average molecular weight is 383 g/mol. The first-order chi connectivity index (χ1) is 10.8. The van der Waals surface area contributed by atoms with E-state index in [1.807, 2.05) is 24.3 Å². The predicted molar refractivity (Wildman–Crippen MR) is 90.5 cm³/mol. The Morgan fingerprint density at radius 2 is 1.83 bits per heavy atom. The zero-order valence-electron chi connectivity index (χ0n) is 13.1. The molecular weight excluding hydrogens is 364 g/mol. The Balaban J connectivity index is 2.51. The molecule has 1 rings (SSSR count). The third kappa shape index (κ3) is 7.10. The maximum Gasteiger partial charge on any atom is 0.331 e. The van der Waals surface area contributed by atoms with E-state index in [-0.39, 0.29) is 6.04 Å². The Hall–Kier alpha value is -2.15. The average Bonchev–Trinajstić information content (AvgIpc) is 2.45. The van der Waals surface area contributed by atoms with Crippen LogP contribution in [-0.4, -0.2) is 30.1 Å². The molecule has 0 aliphatic carbocycles. The molecule has 1 atom stereocenters. The van der Waals surface area contributed by atoms with Crippen LogP contribution in [0.4, 0.5) is 4.79 Å². The van der Waals surface area contributed by atoms with E-state index in [2.05, 4.69) is 26.6 Å². The molecule has 124 valence electrons. The Morgan fingerprint density at radius 1 is 1.17 bits per heavy atom. The van der Waals surface area contributed by atoms with E-state index in [1.165, 1.54) is 13.0 Å². The third-order valence-corrected chi connectivity index (χ3v) is 3.35. The molecule has 0 heterocycles. The molecule has 0 bridgehead atoms. The van der Waals surface area contributed by atoms with Crippen molar-refractivity contribution in [2.45, 2.75) is 32.9 Å². The number of esters is 1. The first-order valence-corrected chi connectivity index (χ1v) is 7.83. The van der Waals surface area contributed by atoms with E-state index >= 15 is 0 Å². The van der Waals surface area contributed by atoms with Crippen LogP contribution < -0.4 is 10.6 Å². The summed E-state index contributed by atoms with van der Waals surface area (Å²) in [7, 11) is 0. The van der Waals surface area contributed by atoms with Crippen molar-refractivity contribution in [3.8, 4) is 0 Å². The smallest absolute Gasteiger partial charge is 0.331 e. The fourth-order valence-electron chi connectivity index (χ4n) is 1.55. The van der Waals surface area contributed by atoms with E-state index in [9.17, 15) is 14.4 Å². The lowest BCUT2D eigenvalue weighted by atomic mass is 10.2. The number of hydrogen-bond donors (Lipinski definition) is 2. The summed E-state index contributed by atoms with van der Waals surface area (Å²) in [6.45, 7) is 4.92. The second-order valence-electron chi connectivity index (χ2n) is 5.05. The lowest BCUT2D eigenvalue weighted by Gasteiger charge is -2.13. The molecule has 0 saturated carbocycles. The quantitative estimate of drug-likeness (QED) is 0.605. The molecule has 0 saturated heterocycles. The molecule has 1 aromatic carbocycles. The zero-order valence-corrected chi connectivity index (χ0v) is 14.7. The van der Waals surface area contributed by atoms with Gasteiger partial charge in [0.25, 0.3) is 5.91 Å². The van der Waals surface area contributed by atoms with Gasteiger partial charge >= 0.3 is 12.0 Å². The molecule has 6 nitrogen and oxygen atoms in total. The van der Waals surface area contributed by atoms with Gasteiger partial charge in [-0.05, 0) is 38.5 Å². The Kier molecular flexibility index (Phi) is 7.47. The highest BCUT2D eigenvalue weighted by atomic mass is 79.9. The maximum atomic E-state index is 11.7. The molecule has 1 aromatic rings. The van der Waals surface area contributed by atoms with Gasteiger partial charge in [-0.25, -0.2) is 9.59 Å². The second-order valence-corrected chi connectivity index (χ2v) is 5.91. The summed E-state index contributed by atoms with van der Waals surface area (Å²) in [5.41, 5.74) is 0.804. The van der Waals surface area contributed by atoms with Crippen molar-refractivity contribution in [2.24, 2.45) is 0 Å². The first kappa shape index (κ1) is 18.9. The van der Waals surface area contributed by atoms with Gasteiger partial charge in [-0.1, -0.05) is 34.1 Å². The number of hydrogen-bond acceptors (Lipinski definition) is 4. The minimum Gasteiger partial charge on any atom is -0.449 e. The Morgan fingerprint density at radius 3 is 2.43 bits per heavy atom. The third-order valence-electron chi connectivity index (χ3n) is 2.62. The van der Waals surface area contributed by atoms with Gasteiger partial charge in [-0.15, -0.1) is 0 Å². The van der Waals surface area contributed by atoms with Crippen molar-refractivity contribution in [1.29, 1.82) is 0 Å². The highest BCUT2D eigenvalue weighted by molar-refractivity contribution is 9.10. The van der Waals surface area contributed by atoms with Gasteiger partial charge in [0.2, 0.25) is 0 Å². The number of carbonyl (C=O) groups excluding carboxylic acids is 3. The molecule has 3 amide bonds. The predicted octanol–water partition coefficient (Wildman–Crippen LogP) is 2.63. The largest absolute Gasteiger partial charge is 0.449 e. The number of imide groups is 1. The van der Waals surface area contributed by atoms with E-state index < -0.39 is 24.0 Å². The van der Waals surface area contributed by atoms with Crippen molar-refractivity contribution in [2.75, 3.05) is 0 Å². The normalized spacial score (nSPS) is 12.0. The van der Waals surface area contributed by atoms with Crippen LogP contribution in [0.1, 0.15) is 26.3 Å². The summed E-state index contributed by atoms with van der Waals surface area (Å²) in [6.07, 6.45) is 1.71. The van der Waals surface area contributed by atoms with E-state index in [0.717, 1.165) is 10.0 Å². The number of urea groups is 1. The van der Waals surface area contributed by atoms with Gasteiger partial charge in [-0.3, -0.25) is 10.1 Å². The van der Waals surface area contributed by atoms with Crippen LogP contribution in [0.15, 0.2) is 34.8 Å². The molecule has 0 radical (unpaired) electrons. The van der Waals surface area contributed by atoms with Crippen molar-refractivity contribution in [1.82, 2.24) is 10.6 Å². The number of halogens is 1. The fraction of sp³-hybridized carbons (Fsp3) is 0.312. The van der Waals surface area contributed by atoms with Crippen LogP contribution in [-0.2, 0) is 14.3 Å². The SMILES string of the molecule is CC(C)NC(=O)NC(=O)[C@@H](C)OC(=O)/C=C/c1ccccc1Br. The molecular formula is C16H19BrN2O4. The van der Waals surface area contributed by atoms with Gasteiger partial charge in [0.15, 0.2) is 6.10 Å². The highest BCUT2D eigenvalue weighted by Crippen LogP contribution is 2.17. The van der Waals surface area contributed by atoms with Crippen molar-refractivity contribution < 1.29 is 19.1 Å². The minimum atomic E-state index is -1.08. The molecule has 23 heavy (non-hydrogen) atoms. The van der Waals surface area contributed by atoms with E-state index in [0.29, 0.717) is 0 Å². The lowest BCUT2D eigenvalue weighted by Crippen LogP contribution is -2.46. The van der Waals surface area contributed by atoms with Gasteiger partial charge in [0, 0.05) is 16.6 Å². The summed E-state index contributed by atoms with van der Waals surface area (Å²) in [5, 5.41) is 4.61. The van der Waals surface area contributed by atoms with Crippen LogP contribution in [0.2, 0.25) is 0 Å². The number of carbonyl (C=O) groups is 3. The summed E-state index contributed by atoms with van der Waals surface area (Å²) in [6, 6.07) is 6.62. The summed E-state index contributed by atoms with van der Waals surface area (Å²) < 4.78 is 5.78. The second kappa shape index (κ2) is 9.09. The summed E-state index contributed by atoms with van der Waals surface area (Å²) in [5.74, 6) is -1.36. The van der Waals surface area contributed by atoms with Crippen molar-refractivity contribution in [3.05, 3.63) is 40.4 Å². The summed E-state index contributed by atoms with van der Waals surface area (Å²) >= 11 is 3.36. The van der Waals surface area contributed by atoms with Crippen LogP contribution in [0.25, 0.3) is 6.08 Å². The van der Waals surface area contributed by atoms with Crippen LogP contribution in [0.3, 0.4) is 0 Å². The van der Waals surface area contributed by atoms with Gasteiger partial charge in [-0.2, -0.15) is 0 Å². The van der Waals surface area contributed by atoms with Gasteiger partial charge in [0.05, 0.1) is 0 Å². The zero-order chi connectivity index (χ0) is 17.4. The van der Waals surface area contributed by atoms with Crippen LogP contribution >= 0.6 is 15.9 Å². The van der Waals surface area contributed by atoms with Gasteiger partial charge < -0.3 is 10.1 Å². The number of nitrogens with one attached hydrogen (secondary N) is 2. The number of benzene rings is 1. The molecule has 0 fully saturated rings. The number of rotatable bonds is 5. The lowest BCUT2D eigenvalue weighted by molar-refractivity contribution is -0.149. The van der Waals surface area contributed by atoms with Crippen molar-refractivity contribution >= 4 is 39.9 Å². The fourth-order valence-corrected chi connectivity index (χ4v) is 1.96. The maximum absolute atomic E-state index is 11.7. The van der Waals surface area contributed by atoms with Gasteiger partial charge in [0.1, 0.15) is 0 Å². The number of ether oxygens (including phenoxy) is 1. The Labute approximate surface area is 143 Å². The van der Waals surface area contributed by atoms with E-state index in [4.69, 9.17) is 4.74 Å². The topological polar surface area (TPSA) is 84.5 Å². The Bertz CT molecular complexity index is 614. The molecule has 7 heteroatoms. The monoisotopic (exact) mass is 382 g/mol. The van der Waals surface area contributed by atoms with Crippen molar-refractivity contribution in [3.63, 3.8) is 0 Å². The number of amides is 3. The summed E-state index contributed by atoms with van der Waals surface area (Å²) in [4.78, 5) is 34.8. The van der Waals surface area contributed by atoms with E-state index in [1.54, 1.807) is 19.9 Å². The molecule has 0 aliphatic rings. The molecule has 0 spiro atoms. The molecule has 0 aromatic heterocycles. The highest BCUT2D eigenvalue weighted by Gasteiger charge is 2.19. The molecule has 0 unspecified atom stereocenters. The standard InChI is InChI=1S/C16H19BrN2O4/c1-10(2)18-16(22)19-15(21)11(3)23-14(20)9-8-12-6-4-5-7-13(12)17/h4-11H,1-3H3,(H2,18,19,21,22)/b9-8+/t11-/m1/s1.